The van der Waals surface area contributed by atoms with Crippen molar-refractivity contribution < 1.29 is 13.9 Å². The zero-order chi connectivity index (χ0) is 20.1. The standard InChI is InChI=1S/C23H26N2O3S/c1-29-17-20-19-9-5-6-10-21(19)28-22(20)23(26)25-13-11-24(12-14-25)15-16-27-18-7-3-2-4-8-18/h2-10H,11-17H2,1H3. The number of thioether (sulfide) groups is 1. The van der Waals surface area contributed by atoms with Crippen molar-refractivity contribution in [2.75, 3.05) is 45.6 Å². The lowest BCUT2D eigenvalue weighted by Crippen LogP contribution is -2.49. The van der Waals surface area contributed by atoms with Gasteiger partial charge in [-0.05, 0) is 24.5 Å². The van der Waals surface area contributed by atoms with Gasteiger partial charge in [-0.2, -0.15) is 11.8 Å². The molecule has 0 atom stereocenters. The van der Waals surface area contributed by atoms with Gasteiger partial charge in [0.25, 0.3) is 5.91 Å². The van der Waals surface area contributed by atoms with Crippen molar-refractivity contribution >= 4 is 28.6 Å². The third-order valence-electron chi connectivity index (χ3n) is 5.26. The van der Waals surface area contributed by atoms with Gasteiger partial charge in [0.1, 0.15) is 17.9 Å². The average molecular weight is 411 g/mol. The molecular formula is C23H26N2O3S. The number of carbonyl (C=O) groups excluding carboxylic acids is 1. The van der Waals surface area contributed by atoms with Crippen molar-refractivity contribution in [3.63, 3.8) is 0 Å². The number of hydrogen-bond acceptors (Lipinski definition) is 5. The maximum atomic E-state index is 13.2. The molecule has 1 aromatic heterocycles. The smallest absolute Gasteiger partial charge is 0.290 e. The predicted molar refractivity (Wildman–Crippen MR) is 118 cm³/mol. The number of amides is 1. The Morgan fingerprint density at radius 1 is 1.03 bits per heavy atom. The maximum Gasteiger partial charge on any atom is 0.290 e. The number of fused-ring (bicyclic) bond motifs is 1. The summed E-state index contributed by atoms with van der Waals surface area (Å²) in [5, 5.41) is 1.04. The van der Waals surface area contributed by atoms with Gasteiger partial charge in [-0.1, -0.05) is 36.4 Å². The van der Waals surface area contributed by atoms with Gasteiger partial charge < -0.3 is 14.1 Å². The van der Waals surface area contributed by atoms with Crippen LogP contribution in [0.2, 0.25) is 0 Å². The Labute approximate surface area is 175 Å². The molecule has 1 aliphatic heterocycles. The van der Waals surface area contributed by atoms with Crippen LogP contribution >= 0.6 is 11.8 Å². The zero-order valence-corrected chi connectivity index (χ0v) is 17.5. The van der Waals surface area contributed by atoms with Crippen molar-refractivity contribution in [2.24, 2.45) is 0 Å². The van der Waals surface area contributed by atoms with Crippen molar-refractivity contribution in [1.29, 1.82) is 0 Å². The van der Waals surface area contributed by atoms with Crippen molar-refractivity contribution in [1.82, 2.24) is 9.80 Å². The van der Waals surface area contributed by atoms with Gasteiger partial charge in [0.05, 0.1) is 0 Å². The highest BCUT2D eigenvalue weighted by atomic mass is 32.2. The molecule has 0 radical (unpaired) electrons. The summed E-state index contributed by atoms with van der Waals surface area (Å²) in [6, 6.07) is 17.8. The summed E-state index contributed by atoms with van der Waals surface area (Å²) in [4.78, 5) is 17.4. The van der Waals surface area contributed by atoms with Crippen molar-refractivity contribution in [3.8, 4) is 5.75 Å². The van der Waals surface area contributed by atoms with E-state index in [0.29, 0.717) is 25.5 Å². The minimum Gasteiger partial charge on any atom is -0.492 e. The van der Waals surface area contributed by atoms with Crippen LogP contribution in [0.25, 0.3) is 11.0 Å². The van der Waals surface area contributed by atoms with E-state index in [1.165, 1.54) is 0 Å². The van der Waals surface area contributed by atoms with E-state index in [0.717, 1.165) is 47.7 Å². The van der Waals surface area contributed by atoms with E-state index in [1.807, 2.05) is 65.8 Å². The highest BCUT2D eigenvalue weighted by Gasteiger charge is 2.27. The fraction of sp³-hybridized carbons (Fsp3) is 0.348. The first kappa shape index (κ1) is 19.9. The quantitative estimate of drug-likeness (QED) is 0.586. The molecule has 152 valence electrons. The average Bonchev–Trinajstić information content (AvgIpc) is 3.13. The topological polar surface area (TPSA) is 45.9 Å². The second-order valence-electron chi connectivity index (χ2n) is 7.13. The molecule has 0 bridgehead atoms. The van der Waals surface area contributed by atoms with Crippen LogP contribution in [0.3, 0.4) is 0 Å². The second kappa shape index (κ2) is 9.37. The summed E-state index contributed by atoms with van der Waals surface area (Å²) < 4.78 is 11.8. The predicted octanol–water partition coefficient (Wildman–Crippen LogP) is 4.13. The minimum atomic E-state index is 0.00503. The summed E-state index contributed by atoms with van der Waals surface area (Å²) in [6.45, 7) is 4.63. The highest BCUT2D eigenvalue weighted by Crippen LogP contribution is 2.29. The molecule has 0 saturated carbocycles. The van der Waals surface area contributed by atoms with Crippen LogP contribution in [0.15, 0.2) is 59.0 Å². The molecule has 0 aliphatic carbocycles. The Morgan fingerprint density at radius 3 is 2.52 bits per heavy atom. The SMILES string of the molecule is CSCc1c(C(=O)N2CCN(CCOc3ccccc3)CC2)oc2ccccc12. The van der Waals surface area contributed by atoms with E-state index in [9.17, 15) is 4.79 Å². The van der Waals surface area contributed by atoms with Gasteiger partial charge in [0.15, 0.2) is 5.76 Å². The van der Waals surface area contributed by atoms with E-state index in [2.05, 4.69) is 4.90 Å². The molecular weight excluding hydrogens is 384 g/mol. The molecule has 1 amide bonds. The number of nitrogens with zero attached hydrogens (tertiary/aromatic N) is 2. The van der Waals surface area contributed by atoms with E-state index in [-0.39, 0.29) is 5.91 Å². The van der Waals surface area contributed by atoms with E-state index in [1.54, 1.807) is 11.8 Å². The van der Waals surface area contributed by atoms with Crippen LogP contribution < -0.4 is 4.74 Å². The Kier molecular flexibility index (Phi) is 6.42. The maximum absolute atomic E-state index is 13.2. The molecule has 1 saturated heterocycles. The number of rotatable bonds is 7. The van der Waals surface area contributed by atoms with Crippen LogP contribution in [0.5, 0.6) is 5.75 Å². The number of para-hydroxylation sites is 2. The van der Waals surface area contributed by atoms with Gasteiger partial charge in [0.2, 0.25) is 0 Å². The monoisotopic (exact) mass is 410 g/mol. The van der Waals surface area contributed by atoms with Gasteiger partial charge in [-0.3, -0.25) is 9.69 Å². The van der Waals surface area contributed by atoms with Crippen LogP contribution in [0.1, 0.15) is 16.1 Å². The van der Waals surface area contributed by atoms with Gasteiger partial charge in [-0.15, -0.1) is 0 Å². The second-order valence-corrected chi connectivity index (χ2v) is 8.00. The van der Waals surface area contributed by atoms with Crippen LogP contribution in [-0.2, 0) is 5.75 Å². The zero-order valence-electron chi connectivity index (χ0n) is 16.7. The Hall–Kier alpha value is -2.44. The van der Waals surface area contributed by atoms with E-state index >= 15 is 0 Å². The Bertz CT molecular complexity index is 949. The summed E-state index contributed by atoms with van der Waals surface area (Å²) in [6.07, 6.45) is 2.05. The number of hydrogen-bond donors (Lipinski definition) is 0. The number of ether oxygens (including phenoxy) is 1. The molecule has 3 aromatic rings. The molecule has 1 aliphatic rings. The third kappa shape index (κ3) is 4.60. The lowest BCUT2D eigenvalue weighted by atomic mass is 10.1. The molecule has 6 heteroatoms. The van der Waals surface area contributed by atoms with Crippen LogP contribution in [0, 0.1) is 0 Å². The molecule has 4 rings (SSSR count). The highest BCUT2D eigenvalue weighted by molar-refractivity contribution is 7.97. The molecule has 5 nitrogen and oxygen atoms in total. The molecule has 0 N–H and O–H groups in total. The fourth-order valence-electron chi connectivity index (χ4n) is 3.69. The number of furan rings is 1. The number of carbonyl (C=O) groups is 1. The summed E-state index contributed by atoms with van der Waals surface area (Å²) in [5.41, 5.74) is 1.80. The van der Waals surface area contributed by atoms with Crippen LogP contribution in [0.4, 0.5) is 0 Å². The van der Waals surface area contributed by atoms with E-state index < -0.39 is 0 Å². The van der Waals surface area contributed by atoms with Gasteiger partial charge in [0, 0.05) is 49.4 Å². The molecule has 0 spiro atoms. The first-order chi connectivity index (χ1) is 14.3. The van der Waals surface area contributed by atoms with E-state index in [4.69, 9.17) is 9.15 Å². The number of piperazine rings is 1. The lowest BCUT2D eigenvalue weighted by molar-refractivity contribution is 0.0591. The fourth-order valence-corrected chi connectivity index (χ4v) is 4.26. The molecule has 2 heterocycles. The summed E-state index contributed by atoms with van der Waals surface area (Å²) >= 11 is 1.71. The van der Waals surface area contributed by atoms with Gasteiger partial charge >= 0.3 is 0 Å². The molecule has 29 heavy (non-hydrogen) atoms. The largest absolute Gasteiger partial charge is 0.492 e. The lowest BCUT2D eigenvalue weighted by Gasteiger charge is -2.34. The molecule has 0 unspecified atom stereocenters. The Morgan fingerprint density at radius 2 is 1.76 bits per heavy atom. The summed E-state index contributed by atoms with van der Waals surface area (Å²) in [5.74, 6) is 2.17. The van der Waals surface area contributed by atoms with Crippen LogP contribution in [-0.4, -0.2) is 61.3 Å². The first-order valence-corrected chi connectivity index (χ1v) is 11.3. The summed E-state index contributed by atoms with van der Waals surface area (Å²) in [7, 11) is 0. The Balaban J connectivity index is 1.34. The van der Waals surface area contributed by atoms with Crippen molar-refractivity contribution in [3.05, 3.63) is 65.9 Å². The molecule has 2 aromatic carbocycles. The minimum absolute atomic E-state index is 0.00503. The first-order valence-electron chi connectivity index (χ1n) is 9.95. The normalized spacial score (nSPS) is 15.0. The molecule has 1 fully saturated rings. The number of benzene rings is 2. The third-order valence-corrected chi connectivity index (χ3v) is 5.84. The van der Waals surface area contributed by atoms with Crippen molar-refractivity contribution in [2.45, 2.75) is 5.75 Å². The van der Waals surface area contributed by atoms with Gasteiger partial charge in [-0.25, -0.2) is 0 Å².